The Kier molecular flexibility index (Phi) is 4.97. The van der Waals surface area contributed by atoms with E-state index in [1.54, 1.807) is 6.92 Å². The normalized spacial score (nSPS) is 14.7. The summed E-state index contributed by atoms with van der Waals surface area (Å²) in [5.74, 6) is 0.772. The Bertz CT molecular complexity index is 345. The molecule has 0 fully saturated rings. The minimum Gasteiger partial charge on any atom is -0.491 e. The SMILES string of the molecule is CCOCC(C)(O)c1cccc(OC(C)C)c1. The summed E-state index contributed by atoms with van der Waals surface area (Å²) < 4.78 is 10.9. The Labute approximate surface area is 103 Å². The van der Waals surface area contributed by atoms with Gasteiger partial charge in [0.25, 0.3) is 0 Å². The molecule has 0 aliphatic rings. The van der Waals surface area contributed by atoms with Crippen molar-refractivity contribution in [3.8, 4) is 5.75 Å². The Morgan fingerprint density at radius 3 is 2.65 bits per heavy atom. The second-order valence-corrected chi connectivity index (χ2v) is 4.61. The van der Waals surface area contributed by atoms with E-state index < -0.39 is 5.60 Å². The van der Waals surface area contributed by atoms with Crippen molar-refractivity contribution in [1.82, 2.24) is 0 Å². The van der Waals surface area contributed by atoms with Crippen molar-refractivity contribution in [1.29, 1.82) is 0 Å². The van der Waals surface area contributed by atoms with Crippen molar-refractivity contribution >= 4 is 0 Å². The third-order valence-electron chi connectivity index (χ3n) is 2.41. The number of benzene rings is 1. The molecule has 0 aliphatic heterocycles. The highest BCUT2D eigenvalue weighted by Crippen LogP contribution is 2.25. The van der Waals surface area contributed by atoms with E-state index in [0.717, 1.165) is 11.3 Å². The van der Waals surface area contributed by atoms with Gasteiger partial charge in [-0.3, -0.25) is 0 Å². The Morgan fingerprint density at radius 1 is 1.35 bits per heavy atom. The van der Waals surface area contributed by atoms with Crippen molar-refractivity contribution < 1.29 is 14.6 Å². The summed E-state index contributed by atoms with van der Waals surface area (Å²) >= 11 is 0. The van der Waals surface area contributed by atoms with Crippen LogP contribution >= 0.6 is 0 Å². The van der Waals surface area contributed by atoms with E-state index in [-0.39, 0.29) is 12.7 Å². The smallest absolute Gasteiger partial charge is 0.120 e. The van der Waals surface area contributed by atoms with Gasteiger partial charge >= 0.3 is 0 Å². The van der Waals surface area contributed by atoms with Crippen LogP contribution in [0.15, 0.2) is 24.3 Å². The number of hydrogen-bond donors (Lipinski definition) is 1. The van der Waals surface area contributed by atoms with Gasteiger partial charge in [-0.15, -0.1) is 0 Å². The van der Waals surface area contributed by atoms with Gasteiger partial charge in [0.05, 0.1) is 12.7 Å². The molecule has 0 aromatic heterocycles. The lowest BCUT2D eigenvalue weighted by atomic mass is 9.97. The first-order valence-corrected chi connectivity index (χ1v) is 6.03. The van der Waals surface area contributed by atoms with Crippen LogP contribution in [0.2, 0.25) is 0 Å². The molecule has 0 aliphatic carbocycles. The summed E-state index contributed by atoms with van der Waals surface area (Å²) in [6, 6.07) is 7.51. The van der Waals surface area contributed by atoms with E-state index in [1.165, 1.54) is 0 Å². The molecule has 96 valence electrons. The van der Waals surface area contributed by atoms with Gasteiger partial charge in [-0.25, -0.2) is 0 Å². The van der Waals surface area contributed by atoms with Gasteiger partial charge in [-0.05, 0) is 45.4 Å². The fraction of sp³-hybridized carbons (Fsp3) is 0.571. The first-order valence-electron chi connectivity index (χ1n) is 6.03. The molecule has 17 heavy (non-hydrogen) atoms. The second-order valence-electron chi connectivity index (χ2n) is 4.61. The van der Waals surface area contributed by atoms with Gasteiger partial charge < -0.3 is 14.6 Å². The predicted molar refractivity (Wildman–Crippen MR) is 68.3 cm³/mol. The summed E-state index contributed by atoms with van der Waals surface area (Å²) in [6.07, 6.45) is 0.127. The maximum Gasteiger partial charge on any atom is 0.120 e. The first kappa shape index (κ1) is 14.0. The summed E-state index contributed by atoms with van der Waals surface area (Å²) in [6.45, 7) is 8.49. The minimum absolute atomic E-state index is 0.127. The maximum atomic E-state index is 10.3. The number of hydrogen-bond acceptors (Lipinski definition) is 3. The fourth-order valence-electron chi connectivity index (χ4n) is 1.56. The third kappa shape index (κ3) is 4.36. The highest BCUT2D eigenvalue weighted by atomic mass is 16.5. The van der Waals surface area contributed by atoms with Gasteiger partial charge in [0.15, 0.2) is 0 Å². The molecule has 0 saturated carbocycles. The lowest BCUT2D eigenvalue weighted by Crippen LogP contribution is -2.27. The van der Waals surface area contributed by atoms with Gasteiger partial charge in [0, 0.05) is 6.61 Å². The Balaban J connectivity index is 2.82. The van der Waals surface area contributed by atoms with E-state index in [0.29, 0.717) is 6.61 Å². The maximum absolute atomic E-state index is 10.3. The molecule has 1 aromatic rings. The minimum atomic E-state index is -0.980. The Hall–Kier alpha value is -1.06. The quantitative estimate of drug-likeness (QED) is 0.828. The zero-order valence-electron chi connectivity index (χ0n) is 11.1. The van der Waals surface area contributed by atoms with Gasteiger partial charge in [-0.1, -0.05) is 12.1 Å². The van der Waals surface area contributed by atoms with E-state index in [2.05, 4.69) is 0 Å². The average molecular weight is 238 g/mol. The molecular formula is C14H22O3. The lowest BCUT2D eigenvalue weighted by Gasteiger charge is -2.24. The molecule has 1 atom stereocenters. The molecule has 1 aromatic carbocycles. The zero-order valence-corrected chi connectivity index (χ0v) is 11.1. The zero-order chi connectivity index (χ0) is 12.9. The summed E-state index contributed by atoms with van der Waals surface area (Å²) in [5.41, 5.74) is -0.170. The van der Waals surface area contributed by atoms with Crippen LogP contribution in [0, 0.1) is 0 Å². The van der Waals surface area contributed by atoms with Crippen LogP contribution < -0.4 is 4.74 Å². The van der Waals surface area contributed by atoms with Crippen molar-refractivity contribution in [2.75, 3.05) is 13.2 Å². The predicted octanol–water partition coefficient (Wildman–Crippen LogP) is 2.72. The van der Waals surface area contributed by atoms with E-state index in [4.69, 9.17) is 9.47 Å². The molecule has 0 bridgehead atoms. The fourth-order valence-corrected chi connectivity index (χ4v) is 1.56. The van der Waals surface area contributed by atoms with Crippen LogP contribution in [0.5, 0.6) is 5.75 Å². The number of aliphatic hydroxyl groups is 1. The van der Waals surface area contributed by atoms with Crippen LogP contribution in [-0.2, 0) is 10.3 Å². The molecule has 1 N–H and O–H groups in total. The van der Waals surface area contributed by atoms with Crippen molar-refractivity contribution in [2.45, 2.75) is 39.4 Å². The summed E-state index contributed by atoms with van der Waals surface area (Å²) in [5, 5.41) is 10.3. The monoisotopic (exact) mass is 238 g/mol. The summed E-state index contributed by atoms with van der Waals surface area (Å²) in [4.78, 5) is 0. The van der Waals surface area contributed by atoms with Crippen LogP contribution in [0.25, 0.3) is 0 Å². The largest absolute Gasteiger partial charge is 0.491 e. The van der Waals surface area contributed by atoms with Gasteiger partial charge in [-0.2, -0.15) is 0 Å². The van der Waals surface area contributed by atoms with Crippen LogP contribution in [-0.4, -0.2) is 24.4 Å². The standard InChI is InChI=1S/C14H22O3/c1-5-16-10-14(4,15)12-7-6-8-13(9-12)17-11(2)3/h6-9,11,15H,5,10H2,1-4H3. The number of ether oxygens (including phenoxy) is 2. The molecule has 0 radical (unpaired) electrons. The molecule has 3 nitrogen and oxygen atoms in total. The van der Waals surface area contributed by atoms with Crippen molar-refractivity contribution in [3.63, 3.8) is 0 Å². The highest BCUT2D eigenvalue weighted by Gasteiger charge is 2.23. The molecule has 3 heteroatoms. The average Bonchev–Trinajstić information content (AvgIpc) is 2.26. The molecular weight excluding hydrogens is 216 g/mol. The topological polar surface area (TPSA) is 38.7 Å². The Morgan fingerprint density at radius 2 is 2.06 bits per heavy atom. The van der Waals surface area contributed by atoms with Crippen LogP contribution in [0.1, 0.15) is 33.3 Å². The van der Waals surface area contributed by atoms with E-state index in [9.17, 15) is 5.11 Å². The molecule has 1 unspecified atom stereocenters. The lowest BCUT2D eigenvalue weighted by molar-refractivity contribution is -0.0345. The molecule has 1 rings (SSSR count). The molecule has 0 amide bonds. The van der Waals surface area contributed by atoms with Crippen molar-refractivity contribution in [3.05, 3.63) is 29.8 Å². The van der Waals surface area contributed by atoms with Crippen LogP contribution in [0.4, 0.5) is 0 Å². The molecule has 0 spiro atoms. The van der Waals surface area contributed by atoms with E-state index >= 15 is 0 Å². The summed E-state index contributed by atoms with van der Waals surface area (Å²) in [7, 11) is 0. The second kappa shape index (κ2) is 6.03. The van der Waals surface area contributed by atoms with Gasteiger partial charge in [0.2, 0.25) is 0 Å². The molecule has 0 saturated heterocycles. The first-order chi connectivity index (χ1) is 7.95. The van der Waals surface area contributed by atoms with Crippen molar-refractivity contribution in [2.24, 2.45) is 0 Å². The molecule has 0 heterocycles. The van der Waals surface area contributed by atoms with E-state index in [1.807, 2.05) is 45.0 Å². The highest BCUT2D eigenvalue weighted by molar-refractivity contribution is 5.32. The van der Waals surface area contributed by atoms with Gasteiger partial charge in [0.1, 0.15) is 11.4 Å². The number of rotatable bonds is 6. The van der Waals surface area contributed by atoms with Crippen LogP contribution in [0.3, 0.4) is 0 Å². The third-order valence-corrected chi connectivity index (χ3v) is 2.41.